The van der Waals surface area contributed by atoms with Crippen LogP contribution < -0.4 is 5.32 Å². The lowest BCUT2D eigenvalue weighted by molar-refractivity contribution is 0.122. The third-order valence-corrected chi connectivity index (χ3v) is 3.47. The summed E-state index contributed by atoms with van der Waals surface area (Å²) in [6, 6.07) is 8.25. The number of ether oxygens (including phenoxy) is 1. The minimum Gasteiger partial charge on any atom is -0.453 e. The predicted octanol–water partition coefficient (Wildman–Crippen LogP) is 1.99. The van der Waals surface area contributed by atoms with Crippen LogP contribution in [0.4, 0.5) is 10.5 Å². The van der Waals surface area contributed by atoms with E-state index in [1.165, 1.54) is 12.7 Å². The minimum atomic E-state index is -0.243. The van der Waals surface area contributed by atoms with Gasteiger partial charge in [0, 0.05) is 18.2 Å². The topological polar surface area (TPSA) is 41.6 Å². The predicted molar refractivity (Wildman–Crippen MR) is 60.3 cm³/mol. The highest BCUT2D eigenvalue weighted by molar-refractivity contribution is 5.71. The van der Waals surface area contributed by atoms with Crippen LogP contribution in [-0.4, -0.2) is 30.8 Å². The van der Waals surface area contributed by atoms with Crippen LogP contribution in [0.5, 0.6) is 0 Å². The molecule has 0 saturated carbocycles. The standard InChI is InChI=1S/C12H14N2O2/c1-16-12(15)14-7-6-9-8-4-2-3-5-10(8)13-11(9)14/h2-5,9,11,13H,6-7H2,1H3/t9-,11+/m0/s1. The first-order chi connectivity index (χ1) is 7.81. The molecule has 0 aliphatic carbocycles. The first kappa shape index (κ1) is 9.51. The van der Waals surface area contributed by atoms with Gasteiger partial charge in [-0.3, -0.25) is 4.90 Å². The minimum absolute atomic E-state index is 0.0739. The molecule has 2 atom stereocenters. The molecule has 0 spiro atoms. The summed E-state index contributed by atoms with van der Waals surface area (Å²) in [6.45, 7) is 0.767. The Balaban J connectivity index is 1.90. The van der Waals surface area contributed by atoms with E-state index in [9.17, 15) is 4.79 Å². The van der Waals surface area contributed by atoms with E-state index in [4.69, 9.17) is 4.74 Å². The molecule has 2 heterocycles. The second-order valence-electron chi connectivity index (χ2n) is 4.24. The van der Waals surface area contributed by atoms with Crippen molar-refractivity contribution in [3.8, 4) is 0 Å². The van der Waals surface area contributed by atoms with E-state index in [2.05, 4.69) is 17.4 Å². The Morgan fingerprint density at radius 1 is 1.50 bits per heavy atom. The molecular weight excluding hydrogens is 204 g/mol. The van der Waals surface area contributed by atoms with E-state index in [-0.39, 0.29) is 12.3 Å². The smallest absolute Gasteiger partial charge is 0.411 e. The summed E-state index contributed by atoms with van der Waals surface area (Å²) in [5, 5.41) is 3.39. The molecule has 1 aromatic rings. The Labute approximate surface area is 94.2 Å². The third-order valence-electron chi connectivity index (χ3n) is 3.47. The zero-order valence-corrected chi connectivity index (χ0v) is 9.14. The van der Waals surface area contributed by atoms with E-state index >= 15 is 0 Å². The summed E-state index contributed by atoms with van der Waals surface area (Å²) in [7, 11) is 1.43. The number of methoxy groups -OCH3 is 1. The first-order valence-electron chi connectivity index (χ1n) is 5.51. The lowest BCUT2D eigenvalue weighted by atomic mass is 9.99. The van der Waals surface area contributed by atoms with Gasteiger partial charge in [-0.2, -0.15) is 0 Å². The van der Waals surface area contributed by atoms with Gasteiger partial charge in [0.1, 0.15) is 6.17 Å². The number of benzene rings is 1. The van der Waals surface area contributed by atoms with Crippen molar-refractivity contribution >= 4 is 11.8 Å². The number of amides is 1. The number of rotatable bonds is 0. The number of para-hydroxylation sites is 1. The van der Waals surface area contributed by atoms with Gasteiger partial charge >= 0.3 is 6.09 Å². The molecule has 2 aliphatic rings. The van der Waals surface area contributed by atoms with Crippen molar-refractivity contribution in [3.63, 3.8) is 0 Å². The van der Waals surface area contributed by atoms with E-state index in [0.29, 0.717) is 5.92 Å². The van der Waals surface area contributed by atoms with Crippen molar-refractivity contribution in [1.82, 2.24) is 4.90 Å². The average molecular weight is 218 g/mol. The van der Waals surface area contributed by atoms with Gasteiger partial charge in [-0.1, -0.05) is 18.2 Å². The van der Waals surface area contributed by atoms with Gasteiger partial charge in [0.25, 0.3) is 0 Å². The molecule has 1 N–H and O–H groups in total. The van der Waals surface area contributed by atoms with Gasteiger partial charge in [0.15, 0.2) is 0 Å². The fourth-order valence-electron chi connectivity index (χ4n) is 2.73. The quantitative estimate of drug-likeness (QED) is 0.724. The Morgan fingerprint density at radius 2 is 2.31 bits per heavy atom. The SMILES string of the molecule is COC(=O)N1CC[C@H]2c3ccccc3N[C@@H]21. The summed E-state index contributed by atoms with van der Waals surface area (Å²) in [5.41, 5.74) is 2.46. The molecular formula is C12H14N2O2. The lowest BCUT2D eigenvalue weighted by Crippen LogP contribution is -2.39. The number of nitrogens with zero attached hydrogens (tertiary/aromatic N) is 1. The Bertz CT molecular complexity index is 433. The van der Waals surface area contributed by atoms with Crippen LogP contribution in [0.15, 0.2) is 24.3 Å². The largest absolute Gasteiger partial charge is 0.453 e. The fraction of sp³-hybridized carbons (Fsp3) is 0.417. The highest BCUT2D eigenvalue weighted by Gasteiger charge is 2.43. The normalized spacial score (nSPS) is 25.9. The lowest BCUT2D eigenvalue weighted by Gasteiger charge is -2.22. The van der Waals surface area contributed by atoms with Crippen molar-refractivity contribution in [1.29, 1.82) is 0 Å². The molecule has 3 rings (SSSR count). The van der Waals surface area contributed by atoms with E-state index < -0.39 is 0 Å². The maximum Gasteiger partial charge on any atom is 0.411 e. The van der Waals surface area contributed by atoms with Gasteiger partial charge in [-0.05, 0) is 18.1 Å². The number of anilines is 1. The second-order valence-corrected chi connectivity index (χ2v) is 4.24. The van der Waals surface area contributed by atoms with E-state index in [0.717, 1.165) is 18.7 Å². The Hall–Kier alpha value is -1.71. The van der Waals surface area contributed by atoms with Gasteiger partial charge in [0.2, 0.25) is 0 Å². The first-order valence-corrected chi connectivity index (χ1v) is 5.51. The summed E-state index contributed by atoms with van der Waals surface area (Å²) in [4.78, 5) is 13.3. The van der Waals surface area contributed by atoms with Crippen LogP contribution in [0.1, 0.15) is 17.9 Å². The molecule has 1 fully saturated rings. The van der Waals surface area contributed by atoms with Gasteiger partial charge in [-0.15, -0.1) is 0 Å². The summed E-state index contributed by atoms with van der Waals surface area (Å²) in [6.07, 6.45) is 0.835. The van der Waals surface area contributed by atoms with E-state index in [1.54, 1.807) is 4.90 Å². The van der Waals surface area contributed by atoms with Gasteiger partial charge in [0.05, 0.1) is 7.11 Å². The van der Waals surface area contributed by atoms with Crippen molar-refractivity contribution in [2.75, 3.05) is 19.0 Å². The van der Waals surface area contributed by atoms with Crippen LogP contribution in [-0.2, 0) is 4.74 Å². The molecule has 1 amide bonds. The molecule has 16 heavy (non-hydrogen) atoms. The molecule has 2 aliphatic heterocycles. The Kier molecular flexibility index (Phi) is 2.02. The average Bonchev–Trinajstić information content (AvgIpc) is 2.86. The zero-order valence-electron chi connectivity index (χ0n) is 9.14. The Morgan fingerprint density at radius 3 is 3.12 bits per heavy atom. The number of nitrogens with one attached hydrogen (secondary N) is 1. The summed E-state index contributed by atoms with van der Waals surface area (Å²) < 4.78 is 4.79. The van der Waals surface area contributed by atoms with Crippen LogP contribution in [0.3, 0.4) is 0 Å². The van der Waals surface area contributed by atoms with Crippen molar-refractivity contribution in [2.24, 2.45) is 0 Å². The number of carbonyl (C=O) groups excluding carboxylic acids is 1. The second kappa shape index (κ2) is 3.40. The highest BCUT2D eigenvalue weighted by Crippen LogP contribution is 2.43. The van der Waals surface area contributed by atoms with Crippen LogP contribution >= 0.6 is 0 Å². The van der Waals surface area contributed by atoms with E-state index in [1.807, 2.05) is 12.1 Å². The molecule has 4 nitrogen and oxygen atoms in total. The monoisotopic (exact) mass is 218 g/mol. The van der Waals surface area contributed by atoms with Crippen LogP contribution in [0.25, 0.3) is 0 Å². The molecule has 1 aromatic carbocycles. The number of likely N-dealkylation sites (tertiary alicyclic amines) is 1. The number of carbonyl (C=O) groups is 1. The fourth-order valence-corrected chi connectivity index (χ4v) is 2.73. The van der Waals surface area contributed by atoms with Crippen LogP contribution in [0.2, 0.25) is 0 Å². The van der Waals surface area contributed by atoms with Crippen molar-refractivity contribution in [2.45, 2.75) is 18.5 Å². The summed E-state index contributed by atoms with van der Waals surface area (Å²) >= 11 is 0. The maximum absolute atomic E-state index is 11.6. The molecule has 4 heteroatoms. The van der Waals surface area contributed by atoms with Gasteiger partial charge < -0.3 is 10.1 Å². The molecule has 0 radical (unpaired) electrons. The van der Waals surface area contributed by atoms with Crippen molar-refractivity contribution in [3.05, 3.63) is 29.8 Å². The van der Waals surface area contributed by atoms with Crippen molar-refractivity contribution < 1.29 is 9.53 Å². The highest BCUT2D eigenvalue weighted by atomic mass is 16.5. The molecule has 84 valence electrons. The molecule has 0 bridgehead atoms. The number of hydrogen-bond donors (Lipinski definition) is 1. The summed E-state index contributed by atoms with van der Waals surface area (Å²) in [5.74, 6) is 0.412. The zero-order chi connectivity index (χ0) is 11.1. The number of hydrogen-bond acceptors (Lipinski definition) is 3. The van der Waals surface area contributed by atoms with Crippen LogP contribution in [0, 0.1) is 0 Å². The molecule has 0 aromatic heterocycles. The third kappa shape index (κ3) is 1.19. The molecule has 0 unspecified atom stereocenters. The molecule has 1 saturated heterocycles. The number of fused-ring (bicyclic) bond motifs is 3. The maximum atomic E-state index is 11.6. The van der Waals surface area contributed by atoms with Gasteiger partial charge in [-0.25, -0.2) is 4.79 Å².